The summed E-state index contributed by atoms with van der Waals surface area (Å²) in [6.07, 6.45) is 0. The van der Waals surface area contributed by atoms with E-state index in [9.17, 15) is 9.90 Å². The zero-order chi connectivity index (χ0) is 20.9. The van der Waals surface area contributed by atoms with Crippen LogP contribution in [0.3, 0.4) is 0 Å². The van der Waals surface area contributed by atoms with Crippen molar-refractivity contribution in [2.45, 2.75) is 13.0 Å². The number of quaternary nitrogens is 1. The fraction of sp³-hybridized carbons (Fsp3) is 0.240. The van der Waals surface area contributed by atoms with Crippen LogP contribution >= 0.6 is 0 Å². The zero-order valence-corrected chi connectivity index (χ0v) is 17.2. The Morgan fingerprint density at radius 1 is 0.933 bits per heavy atom. The van der Waals surface area contributed by atoms with Gasteiger partial charge in [0.15, 0.2) is 6.04 Å². The normalized spacial score (nSPS) is 15.6. The molecular weight excluding hydrogens is 374 g/mol. The van der Waals surface area contributed by atoms with E-state index in [1.807, 2.05) is 61.5 Å². The number of piperazine rings is 1. The predicted molar refractivity (Wildman–Crippen MR) is 121 cm³/mol. The third-order valence-electron chi connectivity index (χ3n) is 5.90. The summed E-state index contributed by atoms with van der Waals surface area (Å²) in [7, 11) is 0. The van der Waals surface area contributed by atoms with Gasteiger partial charge in [0.2, 0.25) is 0 Å². The minimum absolute atomic E-state index is 0.0477. The summed E-state index contributed by atoms with van der Waals surface area (Å²) in [5.41, 5.74) is 4.09. The molecule has 1 atom stereocenters. The maximum atomic E-state index is 13.0. The number of benzene rings is 3. The van der Waals surface area contributed by atoms with Crippen LogP contribution in [0, 0.1) is 0 Å². The number of anilines is 2. The van der Waals surface area contributed by atoms with E-state index < -0.39 is 0 Å². The summed E-state index contributed by atoms with van der Waals surface area (Å²) in [5, 5.41) is 12.6. The molecule has 1 amide bonds. The highest BCUT2D eigenvalue weighted by Gasteiger charge is 2.29. The molecule has 0 unspecified atom stereocenters. The van der Waals surface area contributed by atoms with Crippen LogP contribution in [0.25, 0.3) is 11.1 Å². The van der Waals surface area contributed by atoms with Crippen LogP contribution < -0.4 is 15.1 Å². The molecular formula is C25H28N3O2+. The van der Waals surface area contributed by atoms with Gasteiger partial charge >= 0.3 is 0 Å². The first-order valence-electron chi connectivity index (χ1n) is 10.5. The van der Waals surface area contributed by atoms with Gasteiger partial charge in [-0.25, -0.2) is 0 Å². The molecule has 0 saturated carbocycles. The molecule has 1 saturated heterocycles. The van der Waals surface area contributed by atoms with Crippen LogP contribution in [-0.2, 0) is 4.79 Å². The Morgan fingerprint density at radius 3 is 2.27 bits per heavy atom. The van der Waals surface area contributed by atoms with Gasteiger partial charge in [0.05, 0.1) is 26.2 Å². The van der Waals surface area contributed by atoms with Crippen molar-refractivity contribution in [3.8, 4) is 16.9 Å². The van der Waals surface area contributed by atoms with Gasteiger partial charge in [-0.3, -0.25) is 4.79 Å². The maximum Gasteiger partial charge on any atom is 0.282 e. The number of phenols is 1. The number of aromatic hydroxyl groups is 1. The first kappa shape index (κ1) is 20.0. The number of amides is 1. The maximum absolute atomic E-state index is 13.0. The number of carbonyl (C=O) groups is 1. The Morgan fingerprint density at radius 2 is 1.57 bits per heavy atom. The van der Waals surface area contributed by atoms with Gasteiger partial charge in [-0.2, -0.15) is 0 Å². The van der Waals surface area contributed by atoms with Crippen molar-refractivity contribution < 1.29 is 14.8 Å². The number of nitrogens with zero attached hydrogens (tertiary/aromatic N) is 1. The van der Waals surface area contributed by atoms with E-state index in [-0.39, 0.29) is 17.7 Å². The molecule has 5 heteroatoms. The molecule has 1 aliphatic heterocycles. The molecule has 3 aromatic carbocycles. The van der Waals surface area contributed by atoms with Gasteiger partial charge in [0, 0.05) is 16.9 Å². The molecule has 5 nitrogen and oxygen atoms in total. The van der Waals surface area contributed by atoms with E-state index in [1.54, 1.807) is 12.1 Å². The Balaban J connectivity index is 1.39. The number of hydrogen-bond donors (Lipinski definition) is 3. The third-order valence-corrected chi connectivity index (χ3v) is 5.90. The highest BCUT2D eigenvalue weighted by Crippen LogP contribution is 2.27. The number of nitrogens with one attached hydrogen (secondary N) is 2. The molecule has 0 radical (unpaired) electrons. The van der Waals surface area contributed by atoms with Gasteiger partial charge in [-0.15, -0.1) is 0 Å². The largest absolute Gasteiger partial charge is 0.508 e. The Labute approximate surface area is 177 Å². The Hall–Kier alpha value is -3.31. The molecule has 0 aliphatic carbocycles. The summed E-state index contributed by atoms with van der Waals surface area (Å²) in [5.74, 6) is 0.329. The van der Waals surface area contributed by atoms with E-state index in [0.717, 1.165) is 48.7 Å². The number of phenolic OH excluding ortho intramolecular Hbond substituents is 1. The summed E-state index contributed by atoms with van der Waals surface area (Å²) >= 11 is 0. The van der Waals surface area contributed by atoms with E-state index in [1.165, 1.54) is 4.90 Å². The fourth-order valence-corrected chi connectivity index (χ4v) is 4.04. The van der Waals surface area contributed by atoms with Crippen LogP contribution in [0.2, 0.25) is 0 Å². The van der Waals surface area contributed by atoms with Crippen molar-refractivity contribution in [3.63, 3.8) is 0 Å². The van der Waals surface area contributed by atoms with Crippen LogP contribution in [0.1, 0.15) is 6.92 Å². The first-order chi connectivity index (χ1) is 14.6. The molecule has 1 fully saturated rings. The van der Waals surface area contributed by atoms with Crippen LogP contribution in [0.15, 0.2) is 78.9 Å². The lowest BCUT2D eigenvalue weighted by Crippen LogP contribution is -3.19. The average Bonchev–Trinajstić information content (AvgIpc) is 2.80. The molecule has 1 aliphatic rings. The van der Waals surface area contributed by atoms with Crippen molar-refractivity contribution in [1.29, 1.82) is 0 Å². The van der Waals surface area contributed by atoms with Crippen molar-refractivity contribution >= 4 is 17.3 Å². The molecule has 4 rings (SSSR count). The van der Waals surface area contributed by atoms with Crippen molar-refractivity contribution in [2.24, 2.45) is 0 Å². The summed E-state index contributed by atoms with van der Waals surface area (Å²) < 4.78 is 0. The summed E-state index contributed by atoms with van der Waals surface area (Å²) in [4.78, 5) is 16.6. The molecule has 3 N–H and O–H groups in total. The quantitative estimate of drug-likeness (QED) is 0.615. The van der Waals surface area contributed by atoms with Crippen molar-refractivity contribution in [3.05, 3.63) is 78.9 Å². The smallest absolute Gasteiger partial charge is 0.282 e. The molecule has 1 heterocycles. The minimum Gasteiger partial charge on any atom is -0.508 e. The van der Waals surface area contributed by atoms with E-state index in [2.05, 4.69) is 22.3 Å². The van der Waals surface area contributed by atoms with Gasteiger partial charge in [-0.1, -0.05) is 48.5 Å². The molecule has 0 bridgehead atoms. The molecule has 0 aromatic heterocycles. The third kappa shape index (κ3) is 4.47. The molecule has 154 valence electrons. The van der Waals surface area contributed by atoms with E-state index in [0.29, 0.717) is 0 Å². The van der Waals surface area contributed by atoms with Gasteiger partial charge in [-0.05, 0) is 42.8 Å². The standard InChI is InChI=1S/C25H27N3O2/c1-19(27-15-17-28(18-16-27)21-11-13-22(29)14-12-21)25(30)26-24-10-6-5-9-23(24)20-7-3-2-4-8-20/h2-14,19,29H,15-18H2,1H3,(H,26,30)/p+1/t19-/m0/s1. The highest BCUT2D eigenvalue weighted by molar-refractivity contribution is 5.97. The lowest BCUT2D eigenvalue weighted by molar-refractivity contribution is -0.914. The molecule has 3 aromatic rings. The topological polar surface area (TPSA) is 57.0 Å². The van der Waals surface area contributed by atoms with Crippen LogP contribution in [0.5, 0.6) is 5.75 Å². The van der Waals surface area contributed by atoms with Crippen LogP contribution in [0.4, 0.5) is 11.4 Å². The van der Waals surface area contributed by atoms with Gasteiger partial charge < -0.3 is 20.2 Å². The zero-order valence-electron chi connectivity index (χ0n) is 17.2. The lowest BCUT2D eigenvalue weighted by Gasteiger charge is -2.36. The number of carbonyl (C=O) groups excluding carboxylic acids is 1. The fourth-order valence-electron chi connectivity index (χ4n) is 4.04. The van der Waals surface area contributed by atoms with Crippen molar-refractivity contribution in [1.82, 2.24) is 0 Å². The number of para-hydroxylation sites is 1. The van der Waals surface area contributed by atoms with E-state index >= 15 is 0 Å². The monoisotopic (exact) mass is 402 g/mol. The molecule has 30 heavy (non-hydrogen) atoms. The van der Waals surface area contributed by atoms with Crippen LogP contribution in [-0.4, -0.2) is 43.2 Å². The predicted octanol–water partition coefficient (Wildman–Crippen LogP) is 2.79. The Bertz CT molecular complexity index is 981. The SMILES string of the molecule is C[C@@H](C(=O)Nc1ccccc1-c1ccccc1)[NH+]1CCN(c2ccc(O)cc2)CC1. The highest BCUT2D eigenvalue weighted by atomic mass is 16.3. The first-order valence-corrected chi connectivity index (χ1v) is 10.5. The number of hydrogen-bond acceptors (Lipinski definition) is 3. The second-order valence-electron chi connectivity index (χ2n) is 7.78. The number of rotatable bonds is 5. The summed E-state index contributed by atoms with van der Waals surface area (Å²) in [6.45, 7) is 5.58. The second kappa shape index (κ2) is 9.01. The minimum atomic E-state index is -0.129. The second-order valence-corrected chi connectivity index (χ2v) is 7.78. The van der Waals surface area contributed by atoms with E-state index in [4.69, 9.17) is 0 Å². The van der Waals surface area contributed by atoms with Gasteiger partial charge in [0.1, 0.15) is 5.75 Å². The molecule has 0 spiro atoms. The summed E-state index contributed by atoms with van der Waals surface area (Å²) in [6, 6.07) is 25.3. The van der Waals surface area contributed by atoms with Gasteiger partial charge in [0.25, 0.3) is 5.91 Å². The average molecular weight is 403 g/mol. The Kier molecular flexibility index (Phi) is 6.00. The lowest BCUT2D eigenvalue weighted by atomic mass is 10.0. The van der Waals surface area contributed by atoms with Crippen molar-refractivity contribution in [2.75, 3.05) is 36.4 Å².